The molecule has 32 heavy (non-hydrogen) atoms. The zero-order valence-corrected chi connectivity index (χ0v) is 17.3. The first-order valence-electron chi connectivity index (χ1n) is 9.61. The fourth-order valence-corrected chi connectivity index (χ4v) is 3.96. The fraction of sp³-hybridized carbons (Fsp3) is 0.143. The van der Waals surface area contributed by atoms with Crippen LogP contribution in [0.25, 0.3) is 5.65 Å². The van der Waals surface area contributed by atoms with E-state index in [0.717, 1.165) is 14.8 Å². The van der Waals surface area contributed by atoms with Gasteiger partial charge in [0.1, 0.15) is 17.4 Å². The van der Waals surface area contributed by atoms with Gasteiger partial charge in [-0.3, -0.25) is 4.79 Å². The van der Waals surface area contributed by atoms with E-state index in [-0.39, 0.29) is 31.6 Å². The third-order valence-electron chi connectivity index (χ3n) is 4.65. The van der Waals surface area contributed by atoms with Crippen LogP contribution in [0.4, 0.5) is 4.39 Å². The number of hydrogen-bond donors (Lipinski definition) is 1. The van der Waals surface area contributed by atoms with Crippen LogP contribution in [0, 0.1) is 5.82 Å². The number of nitrogens with zero attached hydrogens (tertiary/aromatic N) is 4. The number of ether oxygens (including phenoxy) is 2. The second kappa shape index (κ2) is 8.35. The van der Waals surface area contributed by atoms with Crippen LogP contribution in [-0.4, -0.2) is 32.1 Å². The van der Waals surface area contributed by atoms with Crippen LogP contribution in [0.5, 0.6) is 11.5 Å². The van der Waals surface area contributed by atoms with Crippen molar-refractivity contribution >= 4 is 23.3 Å². The molecular weight excluding hydrogens is 437 g/mol. The number of nitrogens with one attached hydrogen (secondary N) is 1. The SMILES string of the molecule is O=C(Cn1nc2ccc(Sc3cccc(F)c3)nn2c1=O)NCc1ccc2c(c1)OCO2. The summed E-state index contributed by atoms with van der Waals surface area (Å²) in [6.07, 6.45) is 0. The summed E-state index contributed by atoms with van der Waals surface area (Å²) in [5.74, 6) is 0.570. The Morgan fingerprint density at radius 2 is 1.97 bits per heavy atom. The summed E-state index contributed by atoms with van der Waals surface area (Å²) in [7, 11) is 0. The summed E-state index contributed by atoms with van der Waals surface area (Å²) in [5, 5.41) is 11.7. The second-order valence-corrected chi connectivity index (χ2v) is 8.00. The molecule has 2 aromatic heterocycles. The van der Waals surface area contributed by atoms with Gasteiger partial charge in [-0.15, -0.1) is 5.10 Å². The highest BCUT2D eigenvalue weighted by Gasteiger charge is 2.15. The van der Waals surface area contributed by atoms with Gasteiger partial charge >= 0.3 is 5.69 Å². The van der Waals surface area contributed by atoms with Gasteiger partial charge in [0.2, 0.25) is 12.7 Å². The highest BCUT2D eigenvalue weighted by Crippen LogP contribution is 2.32. The molecule has 0 fully saturated rings. The molecule has 0 spiro atoms. The first-order valence-corrected chi connectivity index (χ1v) is 10.4. The Kier molecular flexibility index (Phi) is 5.23. The summed E-state index contributed by atoms with van der Waals surface area (Å²) in [6.45, 7) is 0.196. The Hall–Kier alpha value is -3.86. The van der Waals surface area contributed by atoms with Gasteiger partial charge in [0.15, 0.2) is 17.1 Å². The van der Waals surface area contributed by atoms with Crippen LogP contribution >= 0.6 is 11.8 Å². The predicted octanol–water partition coefficient (Wildman–Crippen LogP) is 2.23. The van der Waals surface area contributed by atoms with Crippen molar-refractivity contribution in [1.29, 1.82) is 0 Å². The molecule has 0 radical (unpaired) electrons. The molecule has 0 bridgehead atoms. The van der Waals surface area contributed by atoms with Crippen LogP contribution in [-0.2, 0) is 17.9 Å². The van der Waals surface area contributed by atoms with Crippen molar-refractivity contribution in [3.05, 3.63) is 76.5 Å². The Labute approximate surface area is 184 Å². The number of carbonyl (C=O) groups excluding carboxylic acids is 1. The van der Waals surface area contributed by atoms with Gasteiger partial charge in [0.25, 0.3) is 0 Å². The summed E-state index contributed by atoms with van der Waals surface area (Å²) in [6, 6.07) is 14.8. The minimum absolute atomic E-state index is 0.179. The van der Waals surface area contributed by atoms with Crippen molar-refractivity contribution in [2.24, 2.45) is 0 Å². The Morgan fingerprint density at radius 3 is 2.84 bits per heavy atom. The van der Waals surface area contributed by atoms with E-state index in [1.807, 2.05) is 6.07 Å². The number of carbonyl (C=O) groups is 1. The normalized spacial score (nSPS) is 12.3. The van der Waals surface area contributed by atoms with Crippen LogP contribution in [0.15, 0.2) is 69.3 Å². The molecule has 1 aliphatic heterocycles. The quantitative estimate of drug-likeness (QED) is 0.478. The number of fused-ring (bicyclic) bond motifs is 2. The van der Waals surface area contributed by atoms with Gasteiger partial charge < -0.3 is 14.8 Å². The lowest BCUT2D eigenvalue weighted by Crippen LogP contribution is -2.32. The van der Waals surface area contributed by atoms with E-state index in [1.165, 1.54) is 23.9 Å². The first kappa shape index (κ1) is 20.1. The Bertz CT molecular complexity index is 1390. The number of benzene rings is 2. The predicted molar refractivity (Wildman–Crippen MR) is 112 cm³/mol. The van der Waals surface area contributed by atoms with Crippen molar-refractivity contribution < 1.29 is 18.7 Å². The van der Waals surface area contributed by atoms with Crippen molar-refractivity contribution in [1.82, 2.24) is 24.7 Å². The number of aromatic nitrogens is 4. The molecule has 5 rings (SSSR count). The smallest absolute Gasteiger partial charge is 0.367 e. The lowest BCUT2D eigenvalue weighted by Gasteiger charge is -2.06. The molecule has 1 aliphatic rings. The van der Waals surface area contributed by atoms with Gasteiger partial charge in [-0.1, -0.05) is 23.9 Å². The molecule has 0 aliphatic carbocycles. The number of amides is 1. The van der Waals surface area contributed by atoms with Crippen LogP contribution < -0.4 is 20.5 Å². The lowest BCUT2D eigenvalue weighted by molar-refractivity contribution is -0.122. The molecule has 1 N–H and O–H groups in total. The minimum Gasteiger partial charge on any atom is -0.454 e. The van der Waals surface area contributed by atoms with Gasteiger partial charge in [0.05, 0.1) is 0 Å². The topological polar surface area (TPSA) is 99.8 Å². The van der Waals surface area contributed by atoms with E-state index in [9.17, 15) is 14.0 Å². The molecule has 0 atom stereocenters. The molecule has 9 nitrogen and oxygen atoms in total. The molecule has 162 valence electrons. The Morgan fingerprint density at radius 1 is 1.09 bits per heavy atom. The zero-order chi connectivity index (χ0) is 22.1. The molecule has 1 amide bonds. The zero-order valence-electron chi connectivity index (χ0n) is 16.5. The van der Waals surface area contributed by atoms with Crippen molar-refractivity contribution in [2.75, 3.05) is 6.79 Å². The van der Waals surface area contributed by atoms with Crippen LogP contribution in [0.2, 0.25) is 0 Å². The van der Waals surface area contributed by atoms with E-state index < -0.39 is 5.69 Å². The van der Waals surface area contributed by atoms with Gasteiger partial charge in [0, 0.05) is 11.4 Å². The lowest BCUT2D eigenvalue weighted by atomic mass is 10.2. The monoisotopic (exact) mass is 453 g/mol. The molecule has 3 heterocycles. The van der Waals surface area contributed by atoms with Crippen molar-refractivity contribution in [3.63, 3.8) is 0 Å². The van der Waals surface area contributed by atoms with Crippen molar-refractivity contribution in [2.45, 2.75) is 23.0 Å². The van der Waals surface area contributed by atoms with E-state index in [2.05, 4.69) is 15.5 Å². The average Bonchev–Trinajstić information content (AvgIpc) is 3.37. The largest absolute Gasteiger partial charge is 0.454 e. The van der Waals surface area contributed by atoms with E-state index >= 15 is 0 Å². The minimum atomic E-state index is -0.542. The number of hydrogen-bond acceptors (Lipinski definition) is 7. The fourth-order valence-electron chi connectivity index (χ4n) is 3.14. The standard InChI is InChI=1S/C21H16FN5O4S/c22-14-2-1-3-15(9-14)32-20-7-6-18-24-26(21(29)27(18)25-20)11-19(28)23-10-13-4-5-16-17(8-13)31-12-30-16/h1-9H,10-12H2,(H,23,28). The average molecular weight is 453 g/mol. The molecule has 11 heteroatoms. The summed E-state index contributed by atoms with van der Waals surface area (Å²) >= 11 is 1.22. The highest BCUT2D eigenvalue weighted by atomic mass is 32.2. The maximum Gasteiger partial charge on any atom is 0.367 e. The molecular formula is C21H16FN5O4S. The van der Waals surface area contributed by atoms with Gasteiger partial charge in [-0.05, 0) is 48.0 Å². The third-order valence-corrected chi connectivity index (χ3v) is 5.57. The molecule has 4 aromatic rings. The summed E-state index contributed by atoms with van der Waals surface area (Å²) < 4.78 is 26.1. The molecule has 0 unspecified atom stereocenters. The molecule has 2 aromatic carbocycles. The molecule has 0 saturated heterocycles. The van der Waals surface area contributed by atoms with Gasteiger partial charge in [-0.2, -0.15) is 9.61 Å². The Balaban J connectivity index is 1.27. The highest BCUT2D eigenvalue weighted by molar-refractivity contribution is 7.99. The third kappa shape index (κ3) is 4.14. The maximum absolute atomic E-state index is 13.4. The maximum atomic E-state index is 13.4. The first-order chi connectivity index (χ1) is 15.5. The van der Waals surface area contributed by atoms with Crippen molar-refractivity contribution in [3.8, 4) is 11.5 Å². The summed E-state index contributed by atoms with van der Waals surface area (Å²) in [5.41, 5.74) is 0.604. The van der Waals surface area contributed by atoms with Gasteiger partial charge in [-0.25, -0.2) is 13.9 Å². The van der Waals surface area contributed by atoms with Crippen LogP contribution in [0.1, 0.15) is 5.56 Å². The van der Waals surface area contributed by atoms with E-state index in [0.29, 0.717) is 27.1 Å². The summed E-state index contributed by atoms with van der Waals surface area (Å²) in [4.78, 5) is 25.7. The second-order valence-electron chi connectivity index (χ2n) is 6.91. The number of rotatable bonds is 6. The van der Waals surface area contributed by atoms with Crippen LogP contribution in [0.3, 0.4) is 0 Å². The molecule has 0 saturated carbocycles. The van der Waals surface area contributed by atoms with E-state index in [4.69, 9.17) is 9.47 Å². The van der Waals surface area contributed by atoms with E-state index in [1.54, 1.807) is 36.4 Å². The number of halogens is 1.